The van der Waals surface area contributed by atoms with Gasteiger partial charge in [-0.1, -0.05) is 38.5 Å². The highest BCUT2D eigenvalue weighted by atomic mass is 32.2. The number of allylic oxidation sites excluding steroid dienone is 3. The van der Waals surface area contributed by atoms with Crippen molar-refractivity contribution in [1.29, 1.82) is 0 Å². The van der Waals surface area contributed by atoms with E-state index in [0.29, 0.717) is 69.4 Å². The summed E-state index contributed by atoms with van der Waals surface area (Å²) in [4.78, 5) is 23.5. The smallest absolute Gasteiger partial charge is 0.307 e. The molecule has 0 saturated heterocycles. The maximum Gasteiger partial charge on any atom is 0.307 e. The number of methoxy groups -OCH3 is 2. The van der Waals surface area contributed by atoms with Crippen molar-refractivity contribution in [3.8, 4) is 0 Å². The number of esters is 2. The third-order valence-electron chi connectivity index (χ3n) is 7.17. The minimum atomic E-state index is -0.178. The Hall–Kier alpha value is -1.04. The molecule has 0 fully saturated rings. The second-order valence-corrected chi connectivity index (χ2v) is 13.7. The fourth-order valence-electron chi connectivity index (χ4n) is 4.47. The molecule has 8 nitrogen and oxygen atoms in total. The van der Waals surface area contributed by atoms with Crippen molar-refractivity contribution in [3.05, 3.63) is 24.8 Å². The largest absolute Gasteiger partial charge is 0.463 e. The van der Waals surface area contributed by atoms with E-state index in [4.69, 9.17) is 18.9 Å². The van der Waals surface area contributed by atoms with E-state index in [2.05, 4.69) is 61.0 Å². The molecule has 0 aliphatic rings. The lowest BCUT2D eigenvalue weighted by atomic mass is 9.92. The highest BCUT2D eigenvalue weighted by Gasteiger charge is 2.17. The minimum Gasteiger partial charge on any atom is -0.463 e. The summed E-state index contributed by atoms with van der Waals surface area (Å²) in [5, 5.41) is 7.41. The number of rotatable bonds is 33. The highest BCUT2D eigenvalue weighted by molar-refractivity contribution is 8.00. The zero-order valence-electron chi connectivity index (χ0n) is 28.3. The van der Waals surface area contributed by atoms with Gasteiger partial charge in [0.05, 0.1) is 26.1 Å². The van der Waals surface area contributed by atoms with E-state index < -0.39 is 0 Å². The number of carbonyl (C=O) groups is 2. The van der Waals surface area contributed by atoms with E-state index in [0.717, 1.165) is 43.2 Å². The van der Waals surface area contributed by atoms with Crippen LogP contribution in [0.25, 0.3) is 0 Å². The van der Waals surface area contributed by atoms with Gasteiger partial charge in [0, 0.05) is 57.2 Å². The zero-order valence-corrected chi connectivity index (χ0v) is 29.9. The van der Waals surface area contributed by atoms with Gasteiger partial charge in [-0.3, -0.25) is 9.59 Å². The summed E-state index contributed by atoms with van der Waals surface area (Å²) in [6, 6.07) is 0. The predicted molar refractivity (Wildman–Crippen MR) is 189 cm³/mol. The van der Waals surface area contributed by atoms with Crippen LogP contribution in [0, 0.1) is 11.8 Å². The molecular formula is C34H64N2O6S2. The van der Waals surface area contributed by atoms with Gasteiger partial charge in [-0.15, -0.1) is 6.58 Å². The van der Waals surface area contributed by atoms with Crippen LogP contribution in [0.1, 0.15) is 78.1 Å². The summed E-state index contributed by atoms with van der Waals surface area (Å²) in [6.45, 7) is 13.0. The lowest BCUT2D eigenvalue weighted by molar-refractivity contribution is -0.145. The van der Waals surface area contributed by atoms with Gasteiger partial charge in [0.25, 0.3) is 0 Å². The monoisotopic (exact) mass is 660 g/mol. The van der Waals surface area contributed by atoms with Crippen molar-refractivity contribution in [2.24, 2.45) is 11.8 Å². The Morgan fingerprint density at radius 1 is 0.795 bits per heavy atom. The van der Waals surface area contributed by atoms with Crippen molar-refractivity contribution in [3.63, 3.8) is 0 Å². The Morgan fingerprint density at radius 2 is 1.43 bits per heavy atom. The molecule has 0 saturated carbocycles. The van der Waals surface area contributed by atoms with Gasteiger partial charge in [-0.05, 0) is 62.5 Å². The van der Waals surface area contributed by atoms with Crippen LogP contribution in [-0.4, -0.2) is 101 Å². The summed E-state index contributed by atoms with van der Waals surface area (Å²) >= 11 is 4.09. The van der Waals surface area contributed by atoms with Crippen LogP contribution >= 0.6 is 23.5 Å². The molecule has 0 spiro atoms. The molecule has 2 N–H and O–H groups in total. The van der Waals surface area contributed by atoms with Crippen molar-refractivity contribution >= 4 is 35.5 Å². The molecule has 0 aliphatic heterocycles. The number of thioether (sulfide) groups is 2. The topological polar surface area (TPSA) is 95.1 Å². The SMILES string of the molecule is C=CC(C)CCCC(CC(CC/C=C/CC)CCSCCNCCC(=O)OCCOC)SCCNCCC(=O)OCCOC. The van der Waals surface area contributed by atoms with Crippen molar-refractivity contribution in [2.45, 2.75) is 83.3 Å². The van der Waals surface area contributed by atoms with Gasteiger partial charge >= 0.3 is 11.9 Å². The number of hydrogen-bond donors (Lipinski definition) is 2. The van der Waals surface area contributed by atoms with E-state index in [1.807, 2.05) is 11.8 Å². The maximum atomic E-state index is 11.8. The first-order chi connectivity index (χ1) is 21.5. The molecular weight excluding hydrogens is 597 g/mol. The van der Waals surface area contributed by atoms with E-state index in [9.17, 15) is 9.59 Å². The summed E-state index contributed by atoms with van der Waals surface area (Å²) in [6.07, 6.45) is 17.1. The zero-order chi connectivity index (χ0) is 32.5. The van der Waals surface area contributed by atoms with E-state index >= 15 is 0 Å². The number of hydrogen-bond acceptors (Lipinski definition) is 10. The molecule has 0 aromatic rings. The van der Waals surface area contributed by atoms with Crippen LogP contribution in [0.4, 0.5) is 0 Å². The molecule has 0 amide bonds. The summed E-state index contributed by atoms with van der Waals surface area (Å²) in [5.74, 6) is 4.17. The van der Waals surface area contributed by atoms with E-state index in [1.165, 1.54) is 38.5 Å². The molecule has 3 unspecified atom stereocenters. The predicted octanol–water partition coefficient (Wildman–Crippen LogP) is 6.30. The van der Waals surface area contributed by atoms with Crippen molar-refractivity contribution in [1.82, 2.24) is 10.6 Å². The lowest BCUT2D eigenvalue weighted by Crippen LogP contribution is -2.23. The van der Waals surface area contributed by atoms with Gasteiger partial charge in [-0.25, -0.2) is 0 Å². The van der Waals surface area contributed by atoms with Crippen LogP contribution in [0.3, 0.4) is 0 Å². The molecule has 0 aliphatic carbocycles. The second kappa shape index (κ2) is 33.3. The third-order valence-corrected chi connectivity index (χ3v) is 9.52. The molecule has 258 valence electrons. The van der Waals surface area contributed by atoms with Gasteiger partial charge in [0.2, 0.25) is 0 Å². The van der Waals surface area contributed by atoms with E-state index in [-0.39, 0.29) is 11.9 Å². The average Bonchev–Trinajstić information content (AvgIpc) is 3.01. The first-order valence-corrected chi connectivity index (χ1v) is 18.8. The van der Waals surface area contributed by atoms with Gasteiger partial charge in [0.1, 0.15) is 13.2 Å². The molecule has 0 radical (unpaired) electrons. The molecule has 3 atom stereocenters. The first-order valence-electron chi connectivity index (χ1n) is 16.6. The van der Waals surface area contributed by atoms with Gasteiger partial charge < -0.3 is 29.6 Å². The molecule has 0 rings (SSSR count). The molecule has 10 heteroatoms. The normalized spacial score (nSPS) is 13.5. The molecule has 44 heavy (non-hydrogen) atoms. The highest BCUT2D eigenvalue weighted by Crippen LogP contribution is 2.30. The third kappa shape index (κ3) is 29.7. The number of nitrogens with one attached hydrogen (secondary N) is 2. The van der Waals surface area contributed by atoms with Crippen LogP contribution in [0.15, 0.2) is 24.8 Å². The Balaban J connectivity index is 4.61. The molecule has 0 aromatic carbocycles. The van der Waals surface area contributed by atoms with Gasteiger partial charge in [0.15, 0.2) is 0 Å². The first kappa shape index (κ1) is 43.0. The summed E-state index contributed by atoms with van der Waals surface area (Å²) in [5.41, 5.74) is 0. The Morgan fingerprint density at radius 3 is 2.02 bits per heavy atom. The Labute approximate surface area is 278 Å². The summed E-state index contributed by atoms with van der Waals surface area (Å²) in [7, 11) is 3.20. The Kier molecular flexibility index (Phi) is 32.5. The Bertz CT molecular complexity index is 713. The van der Waals surface area contributed by atoms with E-state index in [1.54, 1.807) is 14.2 Å². The number of carbonyl (C=O) groups excluding carboxylic acids is 2. The number of ether oxygens (including phenoxy) is 4. The standard InChI is InChI=1S/C34H64N2O6S2/c1-6-8-9-10-13-31(17-26-43-27-20-35-18-15-33(37)41-24-22-39-4)29-32(14-11-12-30(3)7-2)44-28-21-36-19-16-34(38)42-25-23-40-5/h7-9,30-32,35-36H,2,6,10-29H2,1,3-5H3/b9-8+. The van der Waals surface area contributed by atoms with Crippen LogP contribution in [0.5, 0.6) is 0 Å². The maximum absolute atomic E-state index is 11.8. The minimum absolute atomic E-state index is 0.177. The lowest BCUT2D eigenvalue weighted by Gasteiger charge is -2.24. The quantitative estimate of drug-likeness (QED) is 0.0475. The van der Waals surface area contributed by atoms with Crippen LogP contribution < -0.4 is 10.6 Å². The fraction of sp³-hybridized carbons (Fsp3) is 0.824. The molecule has 0 bridgehead atoms. The second-order valence-electron chi connectivity index (χ2n) is 11.0. The van der Waals surface area contributed by atoms with Crippen molar-refractivity contribution < 1.29 is 28.5 Å². The average molecular weight is 661 g/mol. The molecule has 0 aromatic heterocycles. The van der Waals surface area contributed by atoms with Gasteiger partial charge in [-0.2, -0.15) is 23.5 Å². The fourth-order valence-corrected chi connectivity index (χ4v) is 6.80. The molecule has 0 heterocycles. The van der Waals surface area contributed by atoms with Crippen molar-refractivity contribution in [2.75, 3.05) is 84.1 Å². The van der Waals surface area contributed by atoms with Crippen LogP contribution in [-0.2, 0) is 28.5 Å². The van der Waals surface area contributed by atoms with Crippen LogP contribution in [0.2, 0.25) is 0 Å². The summed E-state index contributed by atoms with van der Waals surface area (Å²) < 4.78 is 20.0.